The second-order valence-electron chi connectivity index (χ2n) is 5.19. The Bertz CT molecular complexity index is 678. The monoisotopic (exact) mass is 264 g/mol. The number of nitrogens with one attached hydrogen (secondary N) is 1. The van der Waals surface area contributed by atoms with Crippen molar-refractivity contribution >= 4 is 17.4 Å². The molecule has 0 bridgehead atoms. The zero-order valence-electron chi connectivity index (χ0n) is 11.3. The van der Waals surface area contributed by atoms with E-state index in [-0.39, 0.29) is 5.56 Å². The van der Waals surface area contributed by atoms with Crippen LogP contribution in [0.15, 0.2) is 23.3 Å². The van der Waals surface area contributed by atoms with E-state index >= 15 is 0 Å². The predicted molar refractivity (Wildman–Crippen MR) is 70.3 cm³/mol. The van der Waals surface area contributed by atoms with Gasteiger partial charge in [0.2, 0.25) is 0 Å². The highest BCUT2D eigenvalue weighted by atomic mass is 16.6. The Kier molecular flexibility index (Phi) is 3.05. The zero-order chi connectivity index (χ0) is 14.2. The topological polar surface area (TPSA) is 77.6 Å². The quantitative estimate of drug-likeness (QED) is 0.844. The summed E-state index contributed by atoms with van der Waals surface area (Å²) >= 11 is 0. The minimum Gasteiger partial charge on any atom is -0.444 e. The average molecular weight is 264 g/mol. The van der Waals surface area contributed by atoms with Gasteiger partial charge in [0.1, 0.15) is 11.3 Å². The van der Waals surface area contributed by atoms with Crippen molar-refractivity contribution in [1.82, 2.24) is 14.2 Å². The van der Waals surface area contributed by atoms with E-state index in [1.165, 1.54) is 16.8 Å². The van der Waals surface area contributed by atoms with Crippen molar-refractivity contribution in [2.24, 2.45) is 7.05 Å². The number of carbonyl (C=O) groups is 1. The molecule has 0 saturated carbocycles. The van der Waals surface area contributed by atoms with Gasteiger partial charge in [-0.25, -0.2) is 4.79 Å². The second-order valence-corrected chi connectivity index (χ2v) is 5.19. The third-order valence-electron chi connectivity index (χ3n) is 2.36. The van der Waals surface area contributed by atoms with Gasteiger partial charge in [-0.05, 0) is 20.8 Å². The molecule has 0 radical (unpaired) electrons. The van der Waals surface area contributed by atoms with E-state index in [1.807, 2.05) is 0 Å². The number of aromatic nitrogens is 3. The third kappa shape index (κ3) is 2.75. The molecule has 0 aliphatic rings. The summed E-state index contributed by atoms with van der Waals surface area (Å²) in [5.41, 5.74) is 0.0806. The van der Waals surface area contributed by atoms with Gasteiger partial charge in [-0.3, -0.25) is 10.1 Å². The Hall–Kier alpha value is -2.31. The predicted octanol–water partition coefficient (Wildman–Crippen LogP) is 1.38. The van der Waals surface area contributed by atoms with E-state index in [0.29, 0.717) is 11.3 Å². The first-order valence-electron chi connectivity index (χ1n) is 5.81. The van der Waals surface area contributed by atoms with Gasteiger partial charge < -0.3 is 9.30 Å². The lowest BCUT2D eigenvalue weighted by molar-refractivity contribution is 0.0636. The van der Waals surface area contributed by atoms with Crippen molar-refractivity contribution in [3.05, 3.63) is 28.8 Å². The van der Waals surface area contributed by atoms with E-state index in [0.717, 1.165) is 0 Å². The smallest absolute Gasteiger partial charge is 0.412 e. The Balaban J connectivity index is 2.35. The molecule has 2 rings (SSSR count). The van der Waals surface area contributed by atoms with Gasteiger partial charge in [0.05, 0.1) is 6.20 Å². The van der Waals surface area contributed by atoms with Crippen LogP contribution in [0.25, 0.3) is 5.65 Å². The highest BCUT2D eigenvalue weighted by Crippen LogP contribution is 2.16. The van der Waals surface area contributed by atoms with E-state index in [1.54, 1.807) is 38.6 Å². The molecule has 0 atom stereocenters. The number of hydrogen-bond donors (Lipinski definition) is 1. The number of anilines is 1. The molecule has 1 N–H and O–H groups in total. The van der Waals surface area contributed by atoms with Gasteiger partial charge in [0.15, 0.2) is 5.65 Å². The minimum absolute atomic E-state index is 0.259. The summed E-state index contributed by atoms with van der Waals surface area (Å²) in [7, 11) is 1.76. The molecule has 0 aromatic carbocycles. The maximum absolute atomic E-state index is 11.7. The van der Waals surface area contributed by atoms with Gasteiger partial charge in [0.25, 0.3) is 5.56 Å². The van der Waals surface area contributed by atoms with E-state index in [4.69, 9.17) is 4.74 Å². The molecular formula is C12H16N4O3. The number of hydrogen-bond acceptors (Lipinski definition) is 4. The summed E-state index contributed by atoms with van der Waals surface area (Å²) in [6, 6.07) is 1.40. The summed E-state index contributed by atoms with van der Waals surface area (Å²) in [5.74, 6) is 0. The number of carbonyl (C=O) groups excluding carboxylic acids is 1. The van der Waals surface area contributed by atoms with E-state index in [9.17, 15) is 9.59 Å². The molecular weight excluding hydrogens is 248 g/mol. The van der Waals surface area contributed by atoms with Crippen LogP contribution in [0, 0.1) is 0 Å². The lowest BCUT2D eigenvalue weighted by atomic mass is 10.2. The lowest BCUT2D eigenvalue weighted by Crippen LogP contribution is -2.27. The molecule has 0 spiro atoms. The summed E-state index contributed by atoms with van der Waals surface area (Å²) in [4.78, 5) is 23.3. The molecule has 2 aromatic heterocycles. The van der Waals surface area contributed by atoms with Crippen molar-refractivity contribution < 1.29 is 9.53 Å². The van der Waals surface area contributed by atoms with Crippen LogP contribution in [0.2, 0.25) is 0 Å². The van der Waals surface area contributed by atoms with Crippen LogP contribution in [0.5, 0.6) is 0 Å². The van der Waals surface area contributed by atoms with Gasteiger partial charge in [0, 0.05) is 19.3 Å². The maximum atomic E-state index is 11.7. The molecule has 19 heavy (non-hydrogen) atoms. The Labute approximate surface area is 109 Å². The van der Waals surface area contributed by atoms with E-state index < -0.39 is 11.7 Å². The number of fused-ring (bicyclic) bond motifs is 1. The number of ether oxygens (including phenoxy) is 1. The SMILES string of the molecule is Cn1ccc(=O)n2ncc(NC(=O)OC(C)(C)C)c12. The standard InChI is InChI=1S/C12H16N4O3/c1-12(2,3)19-11(18)14-8-7-13-16-9(17)5-6-15(4)10(8)16/h5-7H,1-4H3,(H,14,18). The largest absolute Gasteiger partial charge is 0.444 e. The molecule has 0 saturated heterocycles. The highest BCUT2D eigenvalue weighted by Gasteiger charge is 2.18. The molecule has 0 aliphatic heterocycles. The van der Waals surface area contributed by atoms with Gasteiger partial charge in [-0.2, -0.15) is 9.61 Å². The molecule has 7 heteroatoms. The van der Waals surface area contributed by atoms with Crippen molar-refractivity contribution in [3.8, 4) is 0 Å². The number of amides is 1. The van der Waals surface area contributed by atoms with Crippen LogP contribution >= 0.6 is 0 Å². The van der Waals surface area contributed by atoms with Gasteiger partial charge >= 0.3 is 6.09 Å². The van der Waals surface area contributed by atoms with Crippen LogP contribution < -0.4 is 10.9 Å². The van der Waals surface area contributed by atoms with Crippen LogP contribution in [0.3, 0.4) is 0 Å². The average Bonchev–Trinajstić information content (AvgIpc) is 2.66. The molecule has 7 nitrogen and oxygen atoms in total. The molecule has 0 aliphatic carbocycles. The maximum Gasteiger partial charge on any atom is 0.412 e. The van der Waals surface area contributed by atoms with Crippen molar-refractivity contribution in [1.29, 1.82) is 0 Å². The fourth-order valence-electron chi connectivity index (χ4n) is 1.66. The molecule has 0 fully saturated rings. The normalized spacial score (nSPS) is 11.6. The van der Waals surface area contributed by atoms with Crippen LogP contribution in [0.1, 0.15) is 20.8 Å². The summed E-state index contributed by atoms with van der Waals surface area (Å²) in [5, 5.41) is 6.53. The molecule has 2 heterocycles. The Morgan fingerprint density at radius 3 is 2.74 bits per heavy atom. The number of rotatable bonds is 1. The fourth-order valence-corrected chi connectivity index (χ4v) is 1.66. The minimum atomic E-state index is -0.585. The van der Waals surface area contributed by atoms with Crippen molar-refractivity contribution in [2.45, 2.75) is 26.4 Å². The second kappa shape index (κ2) is 4.42. The van der Waals surface area contributed by atoms with Gasteiger partial charge in [-0.15, -0.1) is 0 Å². The summed E-state index contributed by atoms with van der Waals surface area (Å²) < 4.78 is 8.07. The molecule has 2 aromatic rings. The van der Waals surface area contributed by atoms with Crippen LogP contribution in [0.4, 0.5) is 10.5 Å². The first-order valence-corrected chi connectivity index (χ1v) is 5.81. The number of aryl methyl sites for hydroxylation is 1. The lowest BCUT2D eigenvalue weighted by Gasteiger charge is -2.19. The van der Waals surface area contributed by atoms with E-state index in [2.05, 4.69) is 10.4 Å². The van der Waals surface area contributed by atoms with Crippen LogP contribution in [-0.2, 0) is 11.8 Å². The summed E-state index contributed by atoms with van der Waals surface area (Å²) in [6.07, 6.45) is 2.44. The third-order valence-corrected chi connectivity index (χ3v) is 2.36. The van der Waals surface area contributed by atoms with Gasteiger partial charge in [-0.1, -0.05) is 0 Å². The fraction of sp³-hybridized carbons (Fsp3) is 0.417. The van der Waals surface area contributed by atoms with Crippen LogP contribution in [-0.4, -0.2) is 25.9 Å². The Morgan fingerprint density at radius 2 is 2.11 bits per heavy atom. The number of nitrogens with zero attached hydrogens (tertiary/aromatic N) is 3. The first kappa shape index (κ1) is 13.1. The van der Waals surface area contributed by atoms with Crippen molar-refractivity contribution in [2.75, 3.05) is 5.32 Å². The Morgan fingerprint density at radius 1 is 1.42 bits per heavy atom. The molecule has 0 unspecified atom stereocenters. The summed E-state index contributed by atoms with van der Waals surface area (Å²) in [6.45, 7) is 5.33. The zero-order valence-corrected chi connectivity index (χ0v) is 11.3. The highest BCUT2D eigenvalue weighted by molar-refractivity contribution is 5.89. The molecule has 102 valence electrons. The van der Waals surface area contributed by atoms with Crippen molar-refractivity contribution in [3.63, 3.8) is 0 Å². The first-order chi connectivity index (χ1) is 8.78. The molecule has 1 amide bonds.